The van der Waals surface area contributed by atoms with E-state index in [0.29, 0.717) is 12.3 Å². The minimum atomic E-state index is -1.48. The molecule has 0 aromatic heterocycles. The van der Waals surface area contributed by atoms with E-state index in [4.69, 9.17) is 0 Å². The van der Waals surface area contributed by atoms with Crippen LogP contribution in [0.2, 0.25) is 0 Å². The Balaban J connectivity index is 2.74. The Morgan fingerprint density at radius 2 is 2.06 bits per heavy atom. The van der Waals surface area contributed by atoms with Gasteiger partial charge in [0.1, 0.15) is 0 Å². The van der Waals surface area contributed by atoms with E-state index >= 15 is 0 Å². The van der Waals surface area contributed by atoms with Crippen LogP contribution in [0.25, 0.3) is 0 Å². The molecule has 0 aromatic rings. The molecule has 3 atom stereocenters. The Morgan fingerprint density at radius 3 is 2.56 bits per heavy atom. The summed E-state index contributed by atoms with van der Waals surface area (Å²) >= 11 is 0. The molecular weight excluding hydrogens is 204 g/mol. The van der Waals surface area contributed by atoms with E-state index in [-0.39, 0.29) is 5.92 Å². The molecule has 2 N–H and O–H groups in total. The number of hydrogen-bond acceptors (Lipinski definition) is 2. The molecule has 1 aliphatic rings. The molecule has 1 rings (SSSR count). The van der Waals surface area contributed by atoms with Gasteiger partial charge >= 0.3 is 5.97 Å². The Morgan fingerprint density at radius 1 is 1.38 bits per heavy atom. The van der Waals surface area contributed by atoms with Crippen LogP contribution < -0.4 is 0 Å². The Labute approximate surface area is 97.9 Å². The number of carboxylic acid groups (broad SMARTS) is 1. The second-order valence-electron chi connectivity index (χ2n) is 5.12. The van der Waals surface area contributed by atoms with Crippen LogP contribution in [0.3, 0.4) is 0 Å². The minimum absolute atomic E-state index is 0.0522. The van der Waals surface area contributed by atoms with Crippen molar-refractivity contribution in [3.63, 3.8) is 0 Å². The lowest BCUT2D eigenvalue weighted by molar-refractivity contribution is -0.168. The molecule has 3 nitrogen and oxygen atoms in total. The smallest absolute Gasteiger partial charge is 0.335 e. The van der Waals surface area contributed by atoms with Crippen molar-refractivity contribution in [3.8, 4) is 0 Å². The molecule has 1 aliphatic carbocycles. The van der Waals surface area contributed by atoms with Crippen LogP contribution in [0.15, 0.2) is 0 Å². The van der Waals surface area contributed by atoms with Crippen LogP contribution >= 0.6 is 0 Å². The van der Waals surface area contributed by atoms with Gasteiger partial charge in [-0.15, -0.1) is 0 Å². The summed E-state index contributed by atoms with van der Waals surface area (Å²) in [4.78, 5) is 11.3. The van der Waals surface area contributed by atoms with Gasteiger partial charge in [0.25, 0.3) is 0 Å². The largest absolute Gasteiger partial charge is 0.479 e. The Hall–Kier alpha value is -0.570. The van der Waals surface area contributed by atoms with Crippen molar-refractivity contribution in [2.24, 2.45) is 11.8 Å². The zero-order chi connectivity index (χ0) is 12.2. The predicted molar refractivity (Wildman–Crippen MR) is 63.2 cm³/mol. The van der Waals surface area contributed by atoms with Gasteiger partial charge in [0.15, 0.2) is 5.60 Å². The highest BCUT2D eigenvalue weighted by molar-refractivity contribution is 5.77. The van der Waals surface area contributed by atoms with Crippen molar-refractivity contribution < 1.29 is 15.0 Å². The van der Waals surface area contributed by atoms with E-state index in [2.05, 4.69) is 6.92 Å². The van der Waals surface area contributed by atoms with Crippen molar-refractivity contribution in [3.05, 3.63) is 0 Å². The third-order valence-electron chi connectivity index (χ3n) is 4.04. The van der Waals surface area contributed by atoms with Gasteiger partial charge in [-0.1, -0.05) is 39.5 Å². The Kier molecular flexibility index (Phi) is 4.78. The quantitative estimate of drug-likeness (QED) is 0.760. The van der Waals surface area contributed by atoms with Crippen LogP contribution in [0.1, 0.15) is 58.8 Å². The SMILES string of the molecule is CCCC(O)(C(=O)O)C1CCCC(CC)C1. The molecule has 0 aliphatic heterocycles. The number of hydrogen-bond donors (Lipinski definition) is 2. The number of carboxylic acids is 1. The fraction of sp³-hybridized carbons (Fsp3) is 0.923. The molecule has 0 bridgehead atoms. The summed E-state index contributed by atoms with van der Waals surface area (Å²) in [5, 5.41) is 19.6. The van der Waals surface area contributed by atoms with Gasteiger partial charge in [-0.05, 0) is 31.1 Å². The lowest BCUT2D eigenvalue weighted by atomic mass is 9.70. The van der Waals surface area contributed by atoms with Crippen molar-refractivity contribution >= 4 is 5.97 Å². The summed E-state index contributed by atoms with van der Waals surface area (Å²) in [5.74, 6) is -0.485. The maximum Gasteiger partial charge on any atom is 0.335 e. The molecule has 16 heavy (non-hydrogen) atoms. The van der Waals surface area contributed by atoms with Crippen molar-refractivity contribution in [2.45, 2.75) is 64.4 Å². The topological polar surface area (TPSA) is 57.5 Å². The number of carbonyl (C=O) groups is 1. The van der Waals surface area contributed by atoms with Gasteiger partial charge in [-0.2, -0.15) is 0 Å². The van der Waals surface area contributed by atoms with Gasteiger partial charge in [0, 0.05) is 0 Å². The molecule has 0 amide bonds. The standard InChI is InChI=1S/C13H24O3/c1-3-8-13(16,12(14)15)11-7-5-6-10(4-2)9-11/h10-11,16H,3-9H2,1-2H3,(H,14,15). The molecule has 0 spiro atoms. The van der Waals surface area contributed by atoms with Crippen LogP contribution in [-0.2, 0) is 4.79 Å². The number of rotatable bonds is 5. The predicted octanol–water partition coefficient (Wildman–Crippen LogP) is 2.82. The molecule has 0 aromatic carbocycles. The molecule has 3 unspecified atom stereocenters. The van der Waals surface area contributed by atoms with Gasteiger partial charge < -0.3 is 10.2 Å². The Bertz CT molecular complexity index is 239. The molecular formula is C13H24O3. The normalized spacial score (nSPS) is 29.7. The minimum Gasteiger partial charge on any atom is -0.479 e. The van der Waals surface area contributed by atoms with Crippen molar-refractivity contribution in [1.82, 2.24) is 0 Å². The van der Waals surface area contributed by atoms with E-state index < -0.39 is 11.6 Å². The van der Waals surface area contributed by atoms with E-state index in [1.54, 1.807) is 0 Å². The lowest BCUT2D eigenvalue weighted by Crippen LogP contribution is -2.47. The maximum absolute atomic E-state index is 11.3. The number of aliphatic hydroxyl groups is 1. The van der Waals surface area contributed by atoms with Crippen LogP contribution in [0.5, 0.6) is 0 Å². The molecule has 3 heteroatoms. The van der Waals surface area contributed by atoms with E-state index in [0.717, 1.165) is 32.1 Å². The fourth-order valence-electron chi connectivity index (χ4n) is 2.96. The summed E-state index contributed by atoms with van der Waals surface area (Å²) in [5.41, 5.74) is -1.48. The van der Waals surface area contributed by atoms with E-state index in [1.807, 2.05) is 6.92 Å². The van der Waals surface area contributed by atoms with Crippen molar-refractivity contribution in [2.75, 3.05) is 0 Å². The van der Waals surface area contributed by atoms with E-state index in [9.17, 15) is 15.0 Å². The zero-order valence-electron chi connectivity index (χ0n) is 10.4. The third kappa shape index (κ3) is 2.76. The zero-order valence-corrected chi connectivity index (χ0v) is 10.4. The average molecular weight is 228 g/mol. The highest BCUT2D eigenvalue weighted by atomic mass is 16.4. The first kappa shape index (κ1) is 13.5. The summed E-state index contributed by atoms with van der Waals surface area (Å²) in [7, 11) is 0. The highest BCUT2D eigenvalue weighted by Crippen LogP contribution is 2.39. The molecule has 0 heterocycles. The molecule has 94 valence electrons. The summed E-state index contributed by atoms with van der Waals surface area (Å²) in [6.45, 7) is 4.07. The summed E-state index contributed by atoms with van der Waals surface area (Å²) < 4.78 is 0. The second kappa shape index (κ2) is 5.67. The van der Waals surface area contributed by atoms with Gasteiger partial charge in [0.2, 0.25) is 0 Å². The summed E-state index contributed by atoms with van der Waals surface area (Å²) in [6, 6.07) is 0. The fourth-order valence-corrected chi connectivity index (χ4v) is 2.96. The number of aliphatic carboxylic acids is 1. The first-order valence-corrected chi connectivity index (χ1v) is 6.50. The molecule has 1 saturated carbocycles. The van der Waals surface area contributed by atoms with Gasteiger partial charge in [-0.25, -0.2) is 4.79 Å². The highest BCUT2D eigenvalue weighted by Gasteiger charge is 2.44. The molecule has 0 saturated heterocycles. The molecule has 1 fully saturated rings. The molecule has 0 radical (unpaired) electrons. The first-order chi connectivity index (χ1) is 7.54. The monoisotopic (exact) mass is 228 g/mol. The van der Waals surface area contributed by atoms with Crippen LogP contribution in [0, 0.1) is 11.8 Å². The third-order valence-corrected chi connectivity index (χ3v) is 4.04. The van der Waals surface area contributed by atoms with Gasteiger partial charge in [-0.3, -0.25) is 0 Å². The average Bonchev–Trinajstić information content (AvgIpc) is 2.29. The maximum atomic E-state index is 11.3. The summed E-state index contributed by atoms with van der Waals surface area (Å²) in [6.07, 6.45) is 6.17. The lowest BCUT2D eigenvalue weighted by Gasteiger charge is -2.38. The van der Waals surface area contributed by atoms with Gasteiger partial charge in [0.05, 0.1) is 0 Å². The van der Waals surface area contributed by atoms with Crippen LogP contribution in [0.4, 0.5) is 0 Å². The second-order valence-corrected chi connectivity index (χ2v) is 5.12. The van der Waals surface area contributed by atoms with Crippen molar-refractivity contribution in [1.29, 1.82) is 0 Å². The van der Waals surface area contributed by atoms with E-state index in [1.165, 1.54) is 6.42 Å². The first-order valence-electron chi connectivity index (χ1n) is 6.50. The van der Waals surface area contributed by atoms with Crippen LogP contribution in [-0.4, -0.2) is 21.8 Å².